The Hall–Kier alpha value is -1.22. The van der Waals surface area contributed by atoms with Gasteiger partial charge in [0, 0.05) is 12.8 Å². The number of ether oxygens (including phenoxy) is 2. The van der Waals surface area contributed by atoms with E-state index in [0.717, 1.165) is 6.42 Å². The summed E-state index contributed by atoms with van der Waals surface area (Å²) >= 11 is 0. The van der Waals surface area contributed by atoms with Crippen LogP contribution in [0.1, 0.15) is 32.1 Å². The van der Waals surface area contributed by atoms with Crippen LogP contribution in [0.2, 0.25) is 0 Å². The Kier molecular flexibility index (Phi) is 2.85. The smallest absolute Gasteiger partial charge is 0.362 e. The lowest BCUT2D eigenvalue weighted by Crippen LogP contribution is -2.73. The van der Waals surface area contributed by atoms with Crippen molar-refractivity contribution < 1.29 is 29.3 Å². The number of esters is 2. The second-order valence-corrected chi connectivity index (χ2v) is 4.78. The minimum Gasteiger partial charge on any atom is -0.419 e. The molecule has 2 atom stereocenters. The zero-order valence-electron chi connectivity index (χ0n) is 9.72. The van der Waals surface area contributed by atoms with Gasteiger partial charge in [-0.2, -0.15) is 0 Å². The number of hydrogen-bond acceptors (Lipinski definition) is 8. The second-order valence-electron chi connectivity index (χ2n) is 4.78. The highest BCUT2D eigenvalue weighted by atomic mass is 16.8. The van der Waals surface area contributed by atoms with Crippen molar-refractivity contribution in [2.75, 3.05) is 0 Å². The summed E-state index contributed by atoms with van der Waals surface area (Å²) in [6.07, 6.45) is 2.86. The third kappa shape index (κ3) is 1.77. The van der Waals surface area contributed by atoms with Crippen molar-refractivity contribution >= 4 is 11.9 Å². The van der Waals surface area contributed by atoms with Gasteiger partial charge in [0.05, 0.1) is 0 Å². The molecule has 2 aliphatic rings. The third-order valence-electron chi connectivity index (χ3n) is 3.38. The molecule has 8 nitrogen and oxygen atoms in total. The Balaban J connectivity index is 2.38. The molecular weight excluding hydrogens is 244 g/mol. The molecule has 1 heterocycles. The summed E-state index contributed by atoms with van der Waals surface area (Å²) in [6, 6.07) is 0. The zero-order valence-corrected chi connectivity index (χ0v) is 9.72. The molecule has 102 valence electrons. The number of hydrogen-bond donors (Lipinski definition) is 4. The highest BCUT2D eigenvalue weighted by molar-refractivity contribution is 5.93. The van der Waals surface area contributed by atoms with Crippen LogP contribution in [0.25, 0.3) is 0 Å². The molecule has 1 saturated heterocycles. The molecule has 8 heteroatoms. The first-order valence-corrected chi connectivity index (χ1v) is 5.71. The molecule has 0 aromatic rings. The zero-order chi connectivity index (χ0) is 13.6. The lowest BCUT2D eigenvalue weighted by Gasteiger charge is -2.34. The molecule has 1 saturated carbocycles. The number of aliphatic hydroxyl groups is 2. The van der Waals surface area contributed by atoms with E-state index < -0.39 is 29.2 Å². The second kappa shape index (κ2) is 3.89. The van der Waals surface area contributed by atoms with Gasteiger partial charge < -0.3 is 19.7 Å². The maximum absolute atomic E-state index is 11.7. The maximum atomic E-state index is 11.7. The summed E-state index contributed by atoms with van der Waals surface area (Å²) < 4.78 is 9.93. The van der Waals surface area contributed by atoms with E-state index in [1.165, 1.54) is 0 Å². The van der Waals surface area contributed by atoms with Gasteiger partial charge in [0.25, 0.3) is 17.2 Å². The van der Waals surface area contributed by atoms with Crippen LogP contribution in [0.5, 0.6) is 0 Å². The van der Waals surface area contributed by atoms with Crippen LogP contribution < -0.4 is 11.5 Å². The summed E-state index contributed by atoms with van der Waals surface area (Å²) in [5, 5.41) is 19.3. The Labute approximate surface area is 103 Å². The summed E-state index contributed by atoms with van der Waals surface area (Å²) in [4.78, 5) is 23.4. The molecule has 18 heavy (non-hydrogen) atoms. The molecule has 2 fully saturated rings. The van der Waals surface area contributed by atoms with Crippen molar-refractivity contribution in [3.8, 4) is 0 Å². The van der Waals surface area contributed by atoms with Gasteiger partial charge in [0.1, 0.15) is 0 Å². The largest absolute Gasteiger partial charge is 0.419 e. The Morgan fingerprint density at radius 3 is 1.67 bits per heavy atom. The highest BCUT2D eigenvalue weighted by Gasteiger charge is 2.63. The molecule has 0 aromatic heterocycles. The van der Waals surface area contributed by atoms with Crippen molar-refractivity contribution in [3.05, 3.63) is 0 Å². The monoisotopic (exact) mass is 260 g/mol. The van der Waals surface area contributed by atoms with Crippen LogP contribution in [0.15, 0.2) is 0 Å². The normalized spacial score (nSPS) is 40.0. The van der Waals surface area contributed by atoms with Gasteiger partial charge in [-0.25, -0.2) is 9.59 Å². The minimum absolute atomic E-state index is 0.288. The lowest BCUT2D eigenvalue weighted by molar-refractivity contribution is -0.237. The van der Waals surface area contributed by atoms with Gasteiger partial charge in [0.15, 0.2) is 0 Å². The van der Waals surface area contributed by atoms with E-state index in [1.807, 2.05) is 0 Å². The minimum atomic E-state index is -3.04. The van der Waals surface area contributed by atoms with Crippen molar-refractivity contribution in [1.82, 2.24) is 0 Å². The predicted octanol–water partition coefficient (Wildman–Crippen LogP) is -1.96. The predicted molar refractivity (Wildman–Crippen MR) is 56.3 cm³/mol. The van der Waals surface area contributed by atoms with Gasteiger partial charge in [-0.1, -0.05) is 6.42 Å². The SMILES string of the molecule is NC1(O)C(=O)OC2(CCCCC2)OC(=O)C1(N)O. The van der Waals surface area contributed by atoms with Crippen LogP contribution in [-0.2, 0) is 19.1 Å². The molecule has 0 amide bonds. The fourth-order valence-corrected chi connectivity index (χ4v) is 2.12. The number of rotatable bonds is 0. The first-order chi connectivity index (χ1) is 8.21. The number of carbonyl (C=O) groups is 2. The Morgan fingerprint density at radius 2 is 1.28 bits per heavy atom. The van der Waals surface area contributed by atoms with E-state index >= 15 is 0 Å². The first kappa shape index (κ1) is 13.2. The Bertz CT molecular complexity index is 356. The van der Waals surface area contributed by atoms with Crippen LogP contribution in [0.4, 0.5) is 0 Å². The van der Waals surface area contributed by atoms with E-state index in [0.29, 0.717) is 12.8 Å². The average molecular weight is 260 g/mol. The summed E-state index contributed by atoms with van der Waals surface area (Å²) in [5.41, 5.74) is 4.30. The molecule has 2 rings (SSSR count). The van der Waals surface area contributed by atoms with Gasteiger partial charge in [-0.3, -0.25) is 11.5 Å². The summed E-state index contributed by atoms with van der Waals surface area (Å²) in [6.45, 7) is 0. The summed E-state index contributed by atoms with van der Waals surface area (Å²) in [7, 11) is 0. The fraction of sp³-hybridized carbons (Fsp3) is 0.800. The van der Waals surface area contributed by atoms with E-state index in [1.54, 1.807) is 0 Å². The van der Waals surface area contributed by atoms with Crippen molar-refractivity contribution in [1.29, 1.82) is 0 Å². The first-order valence-electron chi connectivity index (χ1n) is 5.71. The number of carbonyl (C=O) groups excluding carboxylic acids is 2. The van der Waals surface area contributed by atoms with Crippen molar-refractivity contribution in [2.45, 2.75) is 49.3 Å². The van der Waals surface area contributed by atoms with Crippen molar-refractivity contribution in [2.24, 2.45) is 11.5 Å². The molecule has 0 radical (unpaired) electrons. The summed E-state index contributed by atoms with van der Waals surface area (Å²) in [5.74, 6) is -4.23. The Morgan fingerprint density at radius 1 is 0.889 bits per heavy atom. The number of nitrogens with two attached hydrogens (primary N) is 2. The molecular formula is C10H16N2O6. The van der Waals surface area contributed by atoms with Crippen LogP contribution in [0, 0.1) is 0 Å². The van der Waals surface area contributed by atoms with Crippen LogP contribution >= 0.6 is 0 Å². The van der Waals surface area contributed by atoms with E-state index in [-0.39, 0.29) is 12.8 Å². The van der Waals surface area contributed by atoms with E-state index in [2.05, 4.69) is 0 Å². The van der Waals surface area contributed by atoms with Crippen molar-refractivity contribution in [3.63, 3.8) is 0 Å². The van der Waals surface area contributed by atoms with Gasteiger partial charge >= 0.3 is 11.9 Å². The molecule has 1 aliphatic heterocycles. The van der Waals surface area contributed by atoms with Gasteiger partial charge in [-0.15, -0.1) is 0 Å². The average Bonchev–Trinajstić information content (AvgIpc) is 2.32. The van der Waals surface area contributed by atoms with Gasteiger partial charge in [-0.05, 0) is 12.8 Å². The van der Waals surface area contributed by atoms with Crippen LogP contribution in [0.3, 0.4) is 0 Å². The van der Waals surface area contributed by atoms with E-state index in [4.69, 9.17) is 20.9 Å². The molecule has 1 aliphatic carbocycles. The van der Waals surface area contributed by atoms with Crippen LogP contribution in [-0.4, -0.2) is 39.4 Å². The molecule has 1 spiro atoms. The molecule has 0 bridgehead atoms. The fourth-order valence-electron chi connectivity index (χ4n) is 2.12. The van der Waals surface area contributed by atoms with Gasteiger partial charge in [0.2, 0.25) is 0 Å². The highest BCUT2D eigenvalue weighted by Crippen LogP contribution is 2.37. The molecule has 0 aromatic carbocycles. The third-order valence-corrected chi connectivity index (χ3v) is 3.38. The standard InChI is InChI=1S/C10H16N2O6/c11-9(15)6(13)17-8(4-2-1-3-5-8)18-7(14)10(9,12)16/h15-16H,1-5,11-12H2. The molecule has 2 unspecified atom stereocenters. The quantitative estimate of drug-likeness (QED) is 0.290. The topological polar surface area (TPSA) is 145 Å². The lowest BCUT2D eigenvalue weighted by atomic mass is 9.94. The maximum Gasteiger partial charge on any atom is 0.362 e. The van der Waals surface area contributed by atoms with E-state index in [9.17, 15) is 19.8 Å². The molecule has 6 N–H and O–H groups in total.